The zero-order valence-corrected chi connectivity index (χ0v) is 12.8. The van der Waals surface area contributed by atoms with Gasteiger partial charge >= 0.3 is 5.91 Å². The summed E-state index contributed by atoms with van der Waals surface area (Å²) >= 11 is 0. The fraction of sp³-hybridized carbons (Fsp3) is 0.111. The number of carbonyl (C=O) groups excluding carboxylic acids is 1. The van der Waals surface area contributed by atoms with Gasteiger partial charge in [0.2, 0.25) is 5.76 Å². The lowest BCUT2D eigenvalue weighted by Gasteiger charge is -2.13. The normalized spacial score (nSPS) is 13.6. The average Bonchev–Trinajstić information content (AvgIpc) is 2.63. The van der Waals surface area contributed by atoms with Gasteiger partial charge in [0.15, 0.2) is 0 Å². The summed E-state index contributed by atoms with van der Waals surface area (Å²) < 4.78 is 15.9. The SMILES string of the molecule is O=C(N/N=C\c1cccc(Oc2ccccc2)c1)C1=COCCO1. The van der Waals surface area contributed by atoms with Crippen molar-refractivity contribution in [3.63, 3.8) is 0 Å². The fourth-order valence-electron chi connectivity index (χ4n) is 1.99. The van der Waals surface area contributed by atoms with Crippen molar-refractivity contribution < 1.29 is 19.0 Å². The van der Waals surface area contributed by atoms with Gasteiger partial charge < -0.3 is 14.2 Å². The van der Waals surface area contributed by atoms with Crippen molar-refractivity contribution in [1.82, 2.24) is 5.43 Å². The molecule has 0 radical (unpaired) electrons. The molecule has 24 heavy (non-hydrogen) atoms. The fourth-order valence-corrected chi connectivity index (χ4v) is 1.99. The summed E-state index contributed by atoms with van der Waals surface area (Å²) in [5.41, 5.74) is 3.18. The Morgan fingerprint density at radius 3 is 2.71 bits per heavy atom. The molecule has 2 aromatic carbocycles. The lowest BCUT2D eigenvalue weighted by atomic mass is 10.2. The standard InChI is InChI=1S/C18H16N2O4/c21-18(17-13-22-9-10-23-17)20-19-12-14-5-4-8-16(11-14)24-15-6-2-1-3-7-15/h1-8,11-13H,9-10H2,(H,20,21)/b19-12-. The first kappa shape index (κ1) is 15.6. The first-order valence-corrected chi connectivity index (χ1v) is 7.42. The maximum absolute atomic E-state index is 11.8. The van der Waals surface area contributed by atoms with Crippen LogP contribution in [0.5, 0.6) is 11.5 Å². The van der Waals surface area contributed by atoms with E-state index < -0.39 is 5.91 Å². The van der Waals surface area contributed by atoms with E-state index in [0.717, 1.165) is 11.3 Å². The molecule has 0 spiro atoms. The van der Waals surface area contributed by atoms with Gasteiger partial charge in [0, 0.05) is 0 Å². The molecule has 6 nitrogen and oxygen atoms in total. The minimum atomic E-state index is -0.456. The number of benzene rings is 2. The Labute approximate surface area is 139 Å². The van der Waals surface area contributed by atoms with Crippen molar-refractivity contribution >= 4 is 12.1 Å². The molecule has 2 aromatic rings. The third kappa shape index (κ3) is 4.36. The molecule has 122 valence electrons. The van der Waals surface area contributed by atoms with Crippen LogP contribution in [0.4, 0.5) is 0 Å². The molecule has 1 aliphatic heterocycles. The van der Waals surface area contributed by atoms with Crippen LogP contribution < -0.4 is 10.2 Å². The number of hydrazone groups is 1. The maximum Gasteiger partial charge on any atom is 0.309 e. The predicted octanol–water partition coefficient (Wildman–Crippen LogP) is 2.82. The topological polar surface area (TPSA) is 69.2 Å². The number of nitrogens with zero attached hydrogens (tertiary/aromatic N) is 1. The molecule has 0 saturated carbocycles. The molecule has 0 fully saturated rings. The first-order chi connectivity index (χ1) is 11.8. The van der Waals surface area contributed by atoms with Crippen LogP contribution in [0, 0.1) is 0 Å². The lowest BCUT2D eigenvalue weighted by Crippen LogP contribution is -2.24. The molecule has 6 heteroatoms. The Balaban J connectivity index is 1.60. The van der Waals surface area contributed by atoms with E-state index in [-0.39, 0.29) is 5.76 Å². The van der Waals surface area contributed by atoms with Crippen molar-refractivity contribution in [2.24, 2.45) is 5.10 Å². The summed E-state index contributed by atoms with van der Waals surface area (Å²) in [7, 11) is 0. The molecule has 0 saturated heterocycles. The first-order valence-electron chi connectivity index (χ1n) is 7.42. The van der Waals surface area contributed by atoms with Crippen molar-refractivity contribution in [3.8, 4) is 11.5 Å². The quantitative estimate of drug-likeness (QED) is 0.678. The van der Waals surface area contributed by atoms with Crippen LogP contribution in [0.1, 0.15) is 5.56 Å². The largest absolute Gasteiger partial charge is 0.494 e. The number of para-hydroxylation sites is 1. The van der Waals surface area contributed by atoms with E-state index in [1.54, 1.807) is 0 Å². The van der Waals surface area contributed by atoms with Gasteiger partial charge in [-0.1, -0.05) is 30.3 Å². The van der Waals surface area contributed by atoms with Gasteiger partial charge in [-0.15, -0.1) is 0 Å². The van der Waals surface area contributed by atoms with Gasteiger partial charge in [-0.3, -0.25) is 4.79 Å². The van der Waals surface area contributed by atoms with Crippen LogP contribution in [0.25, 0.3) is 0 Å². The Morgan fingerprint density at radius 2 is 1.92 bits per heavy atom. The van der Waals surface area contributed by atoms with Crippen molar-refractivity contribution in [1.29, 1.82) is 0 Å². The second-order valence-electron chi connectivity index (χ2n) is 4.89. The van der Waals surface area contributed by atoms with E-state index in [4.69, 9.17) is 14.2 Å². The van der Waals surface area contributed by atoms with Gasteiger partial charge in [0.05, 0.1) is 6.21 Å². The molecule has 1 N–H and O–H groups in total. The van der Waals surface area contributed by atoms with Crippen LogP contribution >= 0.6 is 0 Å². The zero-order chi connectivity index (χ0) is 16.6. The summed E-state index contributed by atoms with van der Waals surface area (Å²) in [5, 5.41) is 3.91. The molecule has 1 heterocycles. The van der Waals surface area contributed by atoms with Gasteiger partial charge in [-0.2, -0.15) is 5.10 Å². The number of rotatable bonds is 5. The summed E-state index contributed by atoms with van der Waals surface area (Å²) in [6.07, 6.45) is 2.81. The third-order valence-electron chi connectivity index (χ3n) is 3.09. The Hall–Kier alpha value is -3.28. The summed E-state index contributed by atoms with van der Waals surface area (Å²) in [6, 6.07) is 16.9. The zero-order valence-electron chi connectivity index (χ0n) is 12.8. The molecular formula is C18H16N2O4. The van der Waals surface area contributed by atoms with Crippen LogP contribution in [0.15, 0.2) is 71.7 Å². The van der Waals surface area contributed by atoms with Crippen LogP contribution in [-0.2, 0) is 14.3 Å². The van der Waals surface area contributed by atoms with Crippen LogP contribution in [0.3, 0.4) is 0 Å². The van der Waals surface area contributed by atoms with Gasteiger partial charge in [-0.05, 0) is 29.8 Å². The molecule has 0 aliphatic carbocycles. The molecular weight excluding hydrogens is 308 g/mol. The molecule has 0 aromatic heterocycles. The molecule has 0 atom stereocenters. The van der Waals surface area contributed by atoms with Gasteiger partial charge in [0.1, 0.15) is 31.0 Å². The predicted molar refractivity (Wildman–Crippen MR) is 88.7 cm³/mol. The lowest BCUT2D eigenvalue weighted by molar-refractivity contribution is -0.122. The third-order valence-corrected chi connectivity index (χ3v) is 3.09. The number of amides is 1. The van der Waals surface area contributed by atoms with E-state index in [1.165, 1.54) is 12.5 Å². The number of hydrogen-bond acceptors (Lipinski definition) is 5. The summed E-state index contributed by atoms with van der Waals surface area (Å²) in [4.78, 5) is 11.8. The second-order valence-corrected chi connectivity index (χ2v) is 4.89. The number of carbonyl (C=O) groups is 1. The minimum absolute atomic E-state index is 0.111. The minimum Gasteiger partial charge on any atom is -0.494 e. The van der Waals surface area contributed by atoms with Gasteiger partial charge in [0.25, 0.3) is 0 Å². The van der Waals surface area contributed by atoms with E-state index >= 15 is 0 Å². The molecule has 3 rings (SSSR count). The summed E-state index contributed by atoms with van der Waals surface area (Å²) in [5.74, 6) is 1.09. The highest BCUT2D eigenvalue weighted by Gasteiger charge is 2.13. The van der Waals surface area contributed by atoms with Crippen molar-refractivity contribution in [2.45, 2.75) is 0 Å². The van der Waals surface area contributed by atoms with E-state index in [2.05, 4.69) is 10.5 Å². The number of hydrogen-bond donors (Lipinski definition) is 1. The highest BCUT2D eigenvalue weighted by Crippen LogP contribution is 2.21. The van der Waals surface area contributed by atoms with Crippen LogP contribution in [0.2, 0.25) is 0 Å². The maximum atomic E-state index is 11.8. The number of nitrogens with one attached hydrogen (secondary N) is 1. The average molecular weight is 324 g/mol. The number of ether oxygens (including phenoxy) is 3. The second kappa shape index (κ2) is 7.82. The summed E-state index contributed by atoms with van der Waals surface area (Å²) in [6.45, 7) is 0.788. The smallest absolute Gasteiger partial charge is 0.309 e. The van der Waals surface area contributed by atoms with Crippen molar-refractivity contribution in [2.75, 3.05) is 13.2 Å². The van der Waals surface area contributed by atoms with E-state index in [1.807, 2.05) is 54.6 Å². The Bertz CT molecular complexity index is 757. The highest BCUT2D eigenvalue weighted by molar-refractivity contribution is 5.92. The highest BCUT2D eigenvalue weighted by atomic mass is 16.6. The molecule has 1 aliphatic rings. The molecule has 0 bridgehead atoms. The van der Waals surface area contributed by atoms with E-state index in [0.29, 0.717) is 19.0 Å². The van der Waals surface area contributed by atoms with E-state index in [9.17, 15) is 4.79 Å². The molecule has 1 amide bonds. The molecule has 0 unspecified atom stereocenters. The monoisotopic (exact) mass is 324 g/mol. The van der Waals surface area contributed by atoms with Crippen LogP contribution in [-0.4, -0.2) is 25.3 Å². The van der Waals surface area contributed by atoms with Gasteiger partial charge in [-0.25, -0.2) is 5.43 Å². The Kier molecular flexibility index (Phi) is 5.09. The van der Waals surface area contributed by atoms with Crippen molar-refractivity contribution in [3.05, 3.63) is 72.2 Å². The Morgan fingerprint density at radius 1 is 1.08 bits per heavy atom.